The van der Waals surface area contributed by atoms with E-state index in [1.165, 1.54) is 0 Å². The van der Waals surface area contributed by atoms with E-state index in [1.807, 2.05) is 62.4 Å². The summed E-state index contributed by atoms with van der Waals surface area (Å²) in [5.41, 5.74) is 2.20. The quantitative estimate of drug-likeness (QED) is 0.693. The van der Waals surface area contributed by atoms with Crippen LogP contribution in [0, 0.1) is 0 Å². The minimum Gasteiger partial charge on any atom is -0.493 e. The third-order valence-corrected chi connectivity index (χ3v) is 3.85. The summed E-state index contributed by atoms with van der Waals surface area (Å²) in [6.45, 7) is 4.03. The van der Waals surface area contributed by atoms with Crippen LogP contribution in [-0.4, -0.2) is 27.4 Å². The van der Waals surface area contributed by atoms with Crippen molar-refractivity contribution in [2.45, 2.75) is 26.4 Å². The molecule has 0 aliphatic rings. The topological polar surface area (TPSA) is 36.9 Å². The van der Waals surface area contributed by atoms with Gasteiger partial charge in [-0.1, -0.05) is 24.3 Å². The highest BCUT2D eigenvalue weighted by molar-refractivity contribution is 5.55. The average molecular weight is 342 g/mol. The van der Waals surface area contributed by atoms with E-state index in [1.54, 1.807) is 21.3 Å². The number of rotatable bonds is 8. The van der Waals surface area contributed by atoms with Crippen molar-refractivity contribution in [2.75, 3.05) is 21.3 Å². The molecule has 0 amide bonds. The largest absolute Gasteiger partial charge is 0.493 e. The second-order valence-corrected chi connectivity index (χ2v) is 5.73. The van der Waals surface area contributed by atoms with Gasteiger partial charge in [-0.3, -0.25) is 0 Å². The highest BCUT2D eigenvalue weighted by Crippen LogP contribution is 2.31. The van der Waals surface area contributed by atoms with E-state index in [0.29, 0.717) is 0 Å². The Balaban J connectivity index is 2.11. The molecule has 1 unspecified atom stereocenters. The summed E-state index contributed by atoms with van der Waals surface area (Å²) in [7, 11) is 4.92. The van der Waals surface area contributed by atoms with Crippen molar-refractivity contribution in [1.82, 2.24) is 0 Å². The molecule has 2 aromatic carbocycles. The lowest BCUT2D eigenvalue weighted by molar-refractivity contribution is 0.211. The first-order valence-corrected chi connectivity index (χ1v) is 8.29. The zero-order chi connectivity index (χ0) is 18.2. The van der Waals surface area contributed by atoms with Gasteiger partial charge in [0, 0.05) is 6.42 Å². The summed E-state index contributed by atoms with van der Waals surface area (Å²) in [5, 5.41) is 0. The third-order valence-electron chi connectivity index (χ3n) is 3.85. The van der Waals surface area contributed by atoms with Gasteiger partial charge in [0.15, 0.2) is 23.0 Å². The molecule has 0 aliphatic carbocycles. The molecular formula is C21H26O4. The molecule has 0 heterocycles. The number of ether oxygens (including phenoxy) is 4. The van der Waals surface area contributed by atoms with Gasteiger partial charge in [0.05, 0.1) is 21.3 Å². The molecule has 134 valence electrons. The molecule has 4 nitrogen and oxygen atoms in total. The fraction of sp³-hybridized carbons (Fsp3) is 0.333. The maximum atomic E-state index is 6.08. The van der Waals surface area contributed by atoms with Gasteiger partial charge in [0.1, 0.15) is 6.10 Å². The van der Waals surface area contributed by atoms with Crippen LogP contribution in [0.15, 0.2) is 42.5 Å². The molecule has 0 spiro atoms. The Morgan fingerprint density at radius 2 is 1.48 bits per heavy atom. The first-order valence-electron chi connectivity index (χ1n) is 8.29. The Labute approximate surface area is 150 Å². The molecule has 2 rings (SSSR count). The fourth-order valence-corrected chi connectivity index (χ4v) is 2.68. The van der Waals surface area contributed by atoms with Crippen LogP contribution in [0.4, 0.5) is 0 Å². The predicted octanol–water partition coefficient (Wildman–Crippen LogP) is 4.76. The number of methoxy groups -OCH3 is 3. The highest BCUT2D eigenvalue weighted by Gasteiger charge is 2.12. The Bertz CT molecular complexity index is 722. The van der Waals surface area contributed by atoms with Gasteiger partial charge in [-0.25, -0.2) is 0 Å². The molecule has 0 fully saturated rings. The first kappa shape index (κ1) is 18.7. The van der Waals surface area contributed by atoms with Crippen molar-refractivity contribution in [1.29, 1.82) is 0 Å². The Morgan fingerprint density at radius 1 is 0.840 bits per heavy atom. The van der Waals surface area contributed by atoms with Gasteiger partial charge in [-0.2, -0.15) is 0 Å². The molecule has 0 bridgehead atoms. The third kappa shape index (κ3) is 4.92. The fourth-order valence-electron chi connectivity index (χ4n) is 2.68. The van der Waals surface area contributed by atoms with Crippen LogP contribution in [-0.2, 0) is 6.42 Å². The van der Waals surface area contributed by atoms with Crippen LogP contribution in [0.25, 0.3) is 6.08 Å². The Kier molecular flexibility index (Phi) is 6.75. The van der Waals surface area contributed by atoms with Gasteiger partial charge in [0.25, 0.3) is 0 Å². The summed E-state index contributed by atoms with van der Waals surface area (Å²) in [5.74, 6) is 2.92. The second-order valence-electron chi connectivity index (χ2n) is 5.73. The molecular weight excluding hydrogens is 316 g/mol. The predicted molar refractivity (Wildman–Crippen MR) is 101 cm³/mol. The standard InChI is InChI=1S/C21H26O4/c1-6-7-16-8-11-19(21(13-16)24-5)25-15(2)12-17-9-10-18(22-3)20(14-17)23-4/h6-11,13-15H,12H2,1-5H3/b7-6-. The van der Waals surface area contributed by atoms with E-state index >= 15 is 0 Å². The lowest BCUT2D eigenvalue weighted by atomic mass is 10.1. The van der Waals surface area contributed by atoms with Gasteiger partial charge < -0.3 is 18.9 Å². The van der Waals surface area contributed by atoms with Gasteiger partial charge in [-0.15, -0.1) is 0 Å². The Morgan fingerprint density at radius 3 is 2.12 bits per heavy atom. The van der Waals surface area contributed by atoms with E-state index in [9.17, 15) is 0 Å². The normalized spacial score (nSPS) is 12.0. The molecule has 0 saturated heterocycles. The summed E-state index contributed by atoms with van der Waals surface area (Å²) in [6, 6.07) is 11.8. The maximum absolute atomic E-state index is 6.08. The molecule has 2 aromatic rings. The van der Waals surface area contributed by atoms with Gasteiger partial charge in [-0.05, 0) is 49.2 Å². The minimum absolute atomic E-state index is 0.0143. The molecule has 0 radical (unpaired) electrons. The molecule has 0 N–H and O–H groups in total. The van der Waals surface area contributed by atoms with E-state index < -0.39 is 0 Å². The summed E-state index contributed by atoms with van der Waals surface area (Å²) in [6.07, 6.45) is 4.76. The van der Waals surface area contributed by atoms with Crippen molar-refractivity contribution < 1.29 is 18.9 Å². The highest BCUT2D eigenvalue weighted by atomic mass is 16.5. The SMILES string of the molecule is C/C=C\c1ccc(OC(C)Cc2ccc(OC)c(OC)c2)c(OC)c1. The average Bonchev–Trinajstić information content (AvgIpc) is 2.63. The molecule has 0 aliphatic heterocycles. The monoisotopic (exact) mass is 342 g/mol. The van der Waals surface area contributed by atoms with Gasteiger partial charge in [0.2, 0.25) is 0 Å². The molecule has 25 heavy (non-hydrogen) atoms. The van der Waals surface area contributed by atoms with Crippen LogP contribution in [0.2, 0.25) is 0 Å². The number of hydrogen-bond acceptors (Lipinski definition) is 4. The first-order chi connectivity index (χ1) is 12.1. The lowest BCUT2D eigenvalue weighted by Crippen LogP contribution is -2.15. The van der Waals surface area contributed by atoms with E-state index in [0.717, 1.165) is 40.5 Å². The minimum atomic E-state index is -0.0143. The van der Waals surface area contributed by atoms with Crippen LogP contribution in [0.5, 0.6) is 23.0 Å². The smallest absolute Gasteiger partial charge is 0.161 e. The number of allylic oxidation sites excluding steroid dienone is 1. The lowest BCUT2D eigenvalue weighted by Gasteiger charge is -2.18. The van der Waals surface area contributed by atoms with Crippen LogP contribution in [0.3, 0.4) is 0 Å². The number of benzene rings is 2. The molecule has 4 heteroatoms. The maximum Gasteiger partial charge on any atom is 0.161 e. The summed E-state index contributed by atoms with van der Waals surface area (Å²) >= 11 is 0. The van der Waals surface area contributed by atoms with Gasteiger partial charge >= 0.3 is 0 Å². The molecule has 0 saturated carbocycles. The van der Waals surface area contributed by atoms with Crippen LogP contribution >= 0.6 is 0 Å². The van der Waals surface area contributed by atoms with Crippen LogP contribution < -0.4 is 18.9 Å². The number of hydrogen-bond donors (Lipinski definition) is 0. The van der Waals surface area contributed by atoms with Crippen molar-refractivity contribution in [2.24, 2.45) is 0 Å². The van der Waals surface area contributed by atoms with Crippen molar-refractivity contribution >= 4 is 6.08 Å². The van der Waals surface area contributed by atoms with Crippen molar-refractivity contribution in [3.8, 4) is 23.0 Å². The molecule has 0 aromatic heterocycles. The van der Waals surface area contributed by atoms with E-state index in [4.69, 9.17) is 18.9 Å². The van der Waals surface area contributed by atoms with Crippen molar-refractivity contribution in [3.05, 3.63) is 53.6 Å². The summed E-state index contributed by atoms with van der Waals surface area (Å²) < 4.78 is 22.2. The summed E-state index contributed by atoms with van der Waals surface area (Å²) in [4.78, 5) is 0. The second kappa shape index (κ2) is 9.02. The Hall–Kier alpha value is -2.62. The van der Waals surface area contributed by atoms with E-state index in [2.05, 4.69) is 0 Å². The van der Waals surface area contributed by atoms with E-state index in [-0.39, 0.29) is 6.10 Å². The molecule has 1 atom stereocenters. The van der Waals surface area contributed by atoms with Crippen LogP contribution in [0.1, 0.15) is 25.0 Å². The van der Waals surface area contributed by atoms with Crippen molar-refractivity contribution in [3.63, 3.8) is 0 Å². The zero-order valence-electron chi connectivity index (χ0n) is 15.5. The zero-order valence-corrected chi connectivity index (χ0v) is 15.5.